The molecule has 11 heteroatoms. The predicted molar refractivity (Wildman–Crippen MR) is 161 cm³/mol. The number of likely N-dealkylation sites (tertiary alicyclic amines) is 1. The molecule has 2 aliphatic carbocycles. The molecule has 228 valence electrons. The first-order valence-corrected chi connectivity index (χ1v) is 15.5. The van der Waals surface area contributed by atoms with Gasteiger partial charge in [-0.25, -0.2) is 4.98 Å². The average Bonchev–Trinajstić information content (AvgIpc) is 3.57. The van der Waals surface area contributed by atoms with Crippen molar-refractivity contribution in [2.75, 3.05) is 18.9 Å². The van der Waals surface area contributed by atoms with Crippen LogP contribution in [0.5, 0.6) is 5.88 Å². The summed E-state index contributed by atoms with van der Waals surface area (Å²) in [4.78, 5) is 43.2. The first-order valence-electron chi connectivity index (χ1n) is 15.5. The zero-order valence-electron chi connectivity index (χ0n) is 25.3. The van der Waals surface area contributed by atoms with Crippen molar-refractivity contribution in [3.8, 4) is 5.88 Å². The Bertz CT molecular complexity index is 1240. The molecule has 4 aliphatic rings. The van der Waals surface area contributed by atoms with Crippen LogP contribution in [-0.4, -0.2) is 75.9 Å². The number of likely N-dealkylation sites (N-methyl/N-ethyl adjacent to an activating group) is 1. The molecule has 0 bridgehead atoms. The second-order valence-electron chi connectivity index (χ2n) is 12.6. The quantitative estimate of drug-likeness (QED) is 0.350. The summed E-state index contributed by atoms with van der Waals surface area (Å²) in [7, 11) is 2.12. The maximum atomic E-state index is 13.2. The first-order chi connectivity index (χ1) is 20.2. The van der Waals surface area contributed by atoms with E-state index >= 15 is 0 Å². The number of rotatable bonds is 10. The molecule has 3 fully saturated rings. The van der Waals surface area contributed by atoms with E-state index in [1.807, 2.05) is 13.8 Å². The first kappa shape index (κ1) is 30.1. The monoisotopic (exact) mass is 579 g/mol. The Morgan fingerprint density at radius 3 is 2.76 bits per heavy atom. The SMILES string of the molecule is CC(C)NC(=O)CC(=N)/C=C\Nc1cc(O[C@@H](C)[C@@H]2CCCN2C)nc(C2=NO[C@@H]3C2CCC[C@@]32CCCCC2=O)n1. The van der Waals surface area contributed by atoms with E-state index in [1.165, 1.54) is 0 Å². The van der Waals surface area contributed by atoms with Crippen molar-refractivity contribution >= 4 is 28.9 Å². The van der Waals surface area contributed by atoms with Crippen LogP contribution in [0.3, 0.4) is 0 Å². The average molecular weight is 580 g/mol. The third-order valence-electron chi connectivity index (χ3n) is 9.17. The highest BCUT2D eigenvalue weighted by Gasteiger charge is 2.56. The van der Waals surface area contributed by atoms with Gasteiger partial charge in [0, 0.05) is 42.4 Å². The van der Waals surface area contributed by atoms with Gasteiger partial charge in [0.2, 0.25) is 11.8 Å². The van der Waals surface area contributed by atoms with Crippen molar-refractivity contribution in [1.29, 1.82) is 5.41 Å². The van der Waals surface area contributed by atoms with E-state index in [0.29, 0.717) is 41.5 Å². The van der Waals surface area contributed by atoms with Crippen molar-refractivity contribution in [3.05, 3.63) is 24.2 Å². The number of allylic oxidation sites excluding steroid dienone is 1. The summed E-state index contributed by atoms with van der Waals surface area (Å²) >= 11 is 0. The molecule has 3 heterocycles. The number of ether oxygens (including phenoxy) is 1. The molecule has 1 spiro atoms. The van der Waals surface area contributed by atoms with Gasteiger partial charge in [0.15, 0.2) is 5.82 Å². The van der Waals surface area contributed by atoms with Crippen molar-refractivity contribution in [3.63, 3.8) is 0 Å². The van der Waals surface area contributed by atoms with Crippen LogP contribution in [0.15, 0.2) is 23.5 Å². The largest absolute Gasteiger partial charge is 0.473 e. The summed E-state index contributed by atoms with van der Waals surface area (Å²) in [6.07, 6.45) is 11.1. The number of fused-ring (bicyclic) bond motifs is 2. The topological polar surface area (TPSA) is 142 Å². The van der Waals surface area contributed by atoms with Gasteiger partial charge in [-0.15, -0.1) is 0 Å². The van der Waals surface area contributed by atoms with E-state index in [2.05, 4.69) is 34.7 Å². The lowest BCUT2D eigenvalue weighted by molar-refractivity contribution is -0.148. The van der Waals surface area contributed by atoms with E-state index in [0.717, 1.165) is 57.9 Å². The van der Waals surface area contributed by atoms with Gasteiger partial charge < -0.3 is 25.6 Å². The molecule has 2 saturated carbocycles. The van der Waals surface area contributed by atoms with Crippen LogP contribution in [0.1, 0.15) is 90.8 Å². The lowest BCUT2D eigenvalue weighted by Crippen LogP contribution is -2.51. The normalized spacial score (nSPS) is 28.5. The number of oxime groups is 1. The molecule has 11 nitrogen and oxygen atoms in total. The third-order valence-corrected chi connectivity index (χ3v) is 9.17. The fraction of sp³-hybridized carbons (Fsp3) is 0.677. The fourth-order valence-electron chi connectivity index (χ4n) is 7.14. The molecule has 3 N–H and O–H groups in total. The van der Waals surface area contributed by atoms with Gasteiger partial charge in [-0.05, 0) is 79.0 Å². The van der Waals surface area contributed by atoms with E-state index in [-0.39, 0.29) is 42.2 Å². The summed E-state index contributed by atoms with van der Waals surface area (Å²) < 4.78 is 6.39. The molecular formula is C31H45N7O4. The Morgan fingerprint density at radius 1 is 1.21 bits per heavy atom. The minimum Gasteiger partial charge on any atom is -0.473 e. The van der Waals surface area contributed by atoms with Gasteiger partial charge in [-0.2, -0.15) is 4.98 Å². The highest BCUT2D eigenvalue weighted by molar-refractivity contribution is 6.05. The number of amides is 1. The molecular weight excluding hydrogens is 534 g/mol. The van der Waals surface area contributed by atoms with Crippen molar-refractivity contribution in [1.82, 2.24) is 20.2 Å². The maximum absolute atomic E-state index is 13.2. The Labute approximate surface area is 248 Å². The number of hydrogen-bond acceptors (Lipinski definition) is 10. The van der Waals surface area contributed by atoms with Crippen LogP contribution in [0.25, 0.3) is 0 Å². The fourth-order valence-corrected chi connectivity index (χ4v) is 7.14. The number of ketones is 1. The van der Waals surface area contributed by atoms with Crippen LogP contribution in [0.4, 0.5) is 5.82 Å². The molecule has 5 atom stereocenters. The highest BCUT2D eigenvalue weighted by Crippen LogP contribution is 2.51. The Hall–Kier alpha value is -3.34. The van der Waals surface area contributed by atoms with Crippen LogP contribution < -0.4 is 15.4 Å². The smallest absolute Gasteiger partial charge is 0.226 e. The van der Waals surface area contributed by atoms with Gasteiger partial charge in [0.1, 0.15) is 29.5 Å². The van der Waals surface area contributed by atoms with Gasteiger partial charge in [-0.3, -0.25) is 14.5 Å². The van der Waals surface area contributed by atoms with Crippen LogP contribution in [-0.2, 0) is 14.4 Å². The number of nitrogens with zero attached hydrogens (tertiary/aromatic N) is 4. The number of nitrogens with one attached hydrogen (secondary N) is 3. The third kappa shape index (κ3) is 6.50. The van der Waals surface area contributed by atoms with Crippen LogP contribution >= 0.6 is 0 Å². The van der Waals surface area contributed by atoms with Crippen molar-refractivity contribution < 1.29 is 19.2 Å². The molecule has 0 radical (unpaired) electrons. The summed E-state index contributed by atoms with van der Waals surface area (Å²) in [6.45, 7) is 6.89. The highest BCUT2D eigenvalue weighted by atomic mass is 16.6. The van der Waals surface area contributed by atoms with Gasteiger partial charge in [-0.1, -0.05) is 18.0 Å². The zero-order valence-corrected chi connectivity index (χ0v) is 25.3. The molecule has 1 amide bonds. The Balaban J connectivity index is 1.37. The van der Waals surface area contributed by atoms with Gasteiger partial charge in [0.25, 0.3) is 0 Å². The van der Waals surface area contributed by atoms with Gasteiger partial charge in [0.05, 0.1) is 11.8 Å². The molecule has 42 heavy (non-hydrogen) atoms. The van der Waals surface area contributed by atoms with Crippen molar-refractivity contribution in [2.45, 2.75) is 109 Å². The van der Waals surface area contributed by atoms with Crippen LogP contribution in [0, 0.1) is 16.7 Å². The second-order valence-corrected chi connectivity index (χ2v) is 12.6. The number of carbonyl (C=O) groups is 2. The second kappa shape index (κ2) is 12.9. The van der Waals surface area contributed by atoms with Crippen molar-refractivity contribution in [2.24, 2.45) is 16.5 Å². The number of anilines is 1. The molecule has 1 saturated heterocycles. The molecule has 1 aromatic rings. The molecule has 5 rings (SSSR count). The zero-order chi connectivity index (χ0) is 29.9. The molecule has 0 aromatic carbocycles. The summed E-state index contributed by atoms with van der Waals surface area (Å²) in [5, 5.41) is 18.6. The Kier molecular flexibility index (Phi) is 9.25. The number of aromatic nitrogens is 2. The summed E-state index contributed by atoms with van der Waals surface area (Å²) in [5.74, 6) is 1.41. The Morgan fingerprint density at radius 2 is 2.02 bits per heavy atom. The van der Waals surface area contributed by atoms with Gasteiger partial charge >= 0.3 is 0 Å². The van der Waals surface area contributed by atoms with E-state index in [1.54, 1.807) is 18.3 Å². The summed E-state index contributed by atoms with van der Waals surface area (Å²) in [5.41, 5.74) is 0.373. The number of Topliss-reactive ketones (excluding diaryl/α,β-unsaturated/α-hetero) is 1. The van der Waals surface area contributed by atoms with E-state index in [9.17, 15) is 9.59 Å². The molecule has 2 aliphatic heterocycles. The van der Waals surface area contributed by atoms with E-state index in [4.69, 9.17) is 25.0 Å². The number of hydrogen-bond donors (Lipinski definition) is 3. The van der Waals surface area contributed by atoms with Crippen LogP contribution in [0.2, 0.25) is 0 Å². The summed E-state index contributed by atoms with van der Waals surface area (Å²) in [6, 6.07) is 2.06. The number of carbonyl (C=O) groups excluding carboxylic acids is 2. The predicted octanol–water partition coefficient (Wildman–Crippen LogP) is 4.23. The maximum Gasteiger partial charge on any atom is 0.226 e. The standard InChI is InChI=1S/C31H45N7O4/c1-19(2)34-26(40)17-21(32)12-15-33-25-18-27(41-20(3)23-10-8-16-38(23)4)36-30(35-25)28-22-9-7-14-31(29(22)42-37-28)13-6-5-11-24(31)39/h12,15,18-20,22-23,29,32H,5-11,13-14,16-17H2,1-4H3,(H,34,40)(H,33,35,36)/b15-12-,32-21?/t20-,22?,23-,29+,31+/m0/s1. The molecule has 1 aromatic heterocycles. The minimum absolute atomic E-state index is 0.0101. The lowest BCUT2D eigenvalue weighted by atomic mass is 9.59. The molecule has 1 unspecified atom stereocenters. The lowest BCUT2D eigenvalue weighted by Gasteiger charge is -2.44. The minimum atomic E-state index is -0.464. The van der Waals surface area contributed by atoms with E-state index < -0.39 is 5.41 Å².